The molecule has 18 heavy (non-hydrogen) atoms. The van der Waals surface area contributed by atoms with E-state index in [2.05, 4.69) is 12.1 Å². The van der Waals surface area contributed by atoms with E-state index in [1.54, 1.807) is 16.7 Å². The van der Waals surface area contributed by atoms with Crippen LogP contribution in [0.25, 0.3) is 0 Å². The molecule has 3 nitrogen and oxygen atoms in total. The summed E-state index contributed by atoms with van der Waals surface area (Å²) in [5.74, 6) is 0.941. The first-order chi connectivity index (χ1) is 8.77. The molecule has 0 spiro atoms. The predicted octanol–water partition coefficient (Wildman–Crippen LogP) is 2.64. The first kappa shape index (κ1) is 13.0. The summed E-state index contributed by atoms with van der Waals surface area (Å²) in [5, 5.41) is 8.62. The average molecular weight is 260 g/mol. The van der Waals surface area contributed by atoms with Gasteiger partial charge in [0.25, 0.3) is 0 Å². The molecule has 1 aliphatic rings. The molecule has 1 aromatic carbocycles. The van der Waals surface area contributed by atoms with Crippen molar-refractivity contribution >= 4 is 17.7 Å². The van der Waals surface area contributed by atoms with Crippen molar-refractivity contribution in [3.05, 3.63) is 29.8 Å². The van der Waals surface area contributed by atoms with Crippen molar-refractivity contribution in [3.8, 4) is 6.07 Å². The number of thioether (sulfide) groups is 1. The summed E-state index contributed by atoms with van der Waals surface area (Å²) < 4.78 is 0. The summed E-state index contributed by atoms with van der Waals surface area (Å²) in [6.45, 7) is 3.17. The lowest BCUT2D eigenvalue weighted by atomic mass is 10.00. The van der Waals surface area contributed by atoms with Crippen LogP contribution < -0.4 is 0 Å². The Labute approximate surface area is 112 Å². The smallest absolute Gasteiger partial charge is 0.231 e. The minimum atomic E-state index is -0.0372. The maximum absolute atomic E-state index is 12.4. The van der Waals surface area contributed by atoms with Crippen LogP contribution in [0.4, 0.5) is 0 Å². The number of likely N-dealkylation sites (N-methyl/N-ethyl adjacent to an activating group) is 1. The molecular formula is C14H16N2OS. The Morgan fingerprint density at radius 3 is 3.06 bits per heavy atom. The van der Waals surface area contributed by atoms with Gasteiger partial charge in [-0.05, 0) is 18.6 Å². The van der Waals surface area contributed by atoms with E-state index in [1.807, 2.05) is 25.1 Å². The molecule has 0 saturated heterocycles. The van der Waals surface area contributed by atoms with Crippen LogP contribution in [0.15, 0.2) is 29.2 Å². The van der Waals surface area contributed by atoms with Crippen molar-refractivity contribution in [2.75, 3.05) is 18.8 Å². The van der Waals surface area contributed by atoms with Gasteiger partial charge in [-0.2, -0.15) is 5.26 Å². The highest BCUT2D eigenvalue weighted by Gasteiger charge is 2.31. The zero-order valence-corrected chi connectivity index (χ0v) is 11.2. The van der Waals surface area contributed by atoms with Gasteiger partial charge >= 0.3 is 0 Å². The number of nitriles is 1. The quantitative estimate of drug-likeness (QED) is 0.836. The summed E-state index contributed by atoms with van der Waals surface area (Å²) >= 11 is 1.74. The van der Waals surface area contributed by atoms with Crippen LogP contribution in [0.1, 0.15) is 24.8 Å². The molecule has 1 heterocycles. The molecule has 0 N–H and O–H groups in total. The molecule has 0 radical (unpaired) electrons. The fraction of sp³-hybridized carbons (Fsp3) is 0.429. The molecule has 4 heteroatoms. The lowest BCUT2D eigenvalue weighted by Gasteiger charge is -2.23. The van der Waals surface area contributed by atoms with Crippen LogP contribution >= 0.6 is 11.8 Å². The van der Waals surface area contributed by atoms with E-state index in [4.69, 9.17) is 5.26 Å². The number of nitrogens with zero attached hydrogens (tertiary/aromatic N) is 2. The number of carbonyl (C=O) groups is 1. The monoisotopic (exact) mass is 260 g/mol. The summed E-state index contributed by atoms with van der Waals surface area (Å²) in [6, 6.07) is 10.2. The second kappa shape index (κ2) is 5.92. The summed E-state index contributed by atoms with van der Waals surface area (Å²) in [7, 11) is 0. The zero-order valence-electron chi connectivity index (χ0n) is 10.4. The second-order valence-corrected chi connectivity index (χ2v) is 5.29. The van der Waals surface area contributed by atoms with Crippen LogP contribution in [-0.4, -0.2) is 29.6 Å². The molecule has 0 saturated carbocycles. The van der Waals surface area contributed by atoms with Crippen molar-refractivity contribution in [1.29, 1.82) is 5.26 Å². The summed E-state index contributed by atoms with van der Waals surface area (Å²) in [4.78, 5) is 15.5. The Kier molecular flexibility index (Phi) is 4.27. The molecule has 94 valence electrons. The first-order valence-electron chi connectivity index (χ1n) is 6.15. The maximum Gasteiger partial charge on any atom is 0.231 e. The standard InChI is InChI=1S/C14H16N2OS/c1-2-16(9-5-8-15)14(17)12-10-18-13-7-4-3-6-11(12)13/h3-4,6-7,12H,2,5,9-10H2,1H3. The molecular weight excluding hydrogens is 244 g/mol. The first-order valence-corrected chi connectivity index (χ1v) is 7.14. The van der Waals surface area contributed by atoms with Gasteiger partial charge in [-0.25, -0.2) is 0 Å². The highest BCUT2D eigenvalue weighted by Crippen LogP contribution is 2.40. The molecule has 1 aromatic rings. The van der Waals surface area contributed by atoms with Gasteiger partial charge in [-0.3, -0.25) is 4.79 Å². The van der Waals surface area contributed by atoms with E-state index in [0.717, 1.165) is 11.3 Å². The molecule has 1 aliphatic heterocycles. The SMILES string of the molecule is CCN(CCC#N)C(=O)C1CSc2ccccc21. The fourth-order valence-electron chi connectivity index (χ4n) is 2.20. The minimum Gasteiger partial charge on any atom is -0.341 e. The van der Waals surface area contributed by atoms with Crippen molar-refractivity contribution in [2.45, 2.75) is 24.2 Å². The van der Waals surface area contributed by atoms with Crippen molar-refractivity contribution in [3.63, 3.8) is 0 Å². The van der Waals surface area contributed by atoms with Gasteiger partial charge in [0.2, 0.25) is 5.91 Å². The van der Waals surface area contributed by atoms with Crippen molar-refractivity contribution < 1.29 is 4.79 Å². The van der Waals surface area contributed by atoms with Gasteiger partial charge in [0.15, 0.2) is 0 Å². The topological polar surface area (TPSA) is 44.1 Å². The minimum absolute atomic E-state index is 0.0372. The molecule has 1 atom stereocenters. The number of fused-ring (bicyclic) bond motifs is 1. The highest BCUT2D eigenvalue weighted by molar-refractivity contribution is 7.99. The highest BCUT2D eigenvalue weighted by atomic mass is 32.2. The average Bonchev–Trinajstić information content (AvgIpc) is 2.83. The summed E-state index contributed by atoms with van der Waals surface area (Å²) in [5.41, 5.74) is 1.14. The van der Waals surface area contributed by atoms with Gasteiger partial charge in [-0.15, -0.1) is 11.8 Å². The number of rotatable bonds is 4. The molecule has 0 aliphatic carbocycles. The largest absolute Gasteiger partial charge is 0.341 e. The van der Waals surface area contributed by atoms with Gasteiger partial charge in [-0.1, -0.05) is 18.2 Å². The Bertz CT molecular complexity index is 481. The normalized spacial score (nSPS) is 17.0. The third kappa shape index (κ3) is 2.51. The van der Waals surface area contributed by atoms with E-state index in [9.17, 15) is 4.79 Å². The molecule has 1 unspecified atom stereocenters. The second-order valence-electron chi connectivity index (χ2n) is 4.23. The number of hydrogen-bond acceptors (Lipinski definition) is 3. The van der Waals surface area contributed by atoms with Gasteiger partial charge in [0.05, 0.1) is 18.4 Å². The molecule has 2 rings (SSSR count). The number of benzene rings is 1. The van der Waals surface area contributed by atoms with E-state index in [1.165, 1.54) is 4.90 Å². The van der Waals surface area contributed by atoms with Crippen molar-refractivity contribution in [2.24, 2.45) is 0 Å². The van der Waals surface area contributed by atoms with Crippen LogP contribution in [0.3, 0.4) is 0 Å². The van der Waals surface area contributed by atoms with Crippen LogP contribution in [-0.2, 0) is 4.79 Å². The molecule has 1 amide bonds. The van der Waals surface area contributed by atoms with E-state index >= 15 is 0 Å². The molecule has 0 fully saturated rings. The van der Waals surface area contributed by atoms with Crippen LogP contribution in [0.2, 0.25) is 0 Å². The Morgan fingerprint density at radius 2 is 2.33 bits per heavy atom. The van der Waals surface area contributed by atoms with Crippen LogP contribution in [0.5, 0.6) is 0 Å². The lowest BCUT2D eigenvalue weighted by molar-refractivity contribution is -0.132. The van der Waals surface area contributed by atoms with E-state index in [-0.39, 0.29) is 11.8 Å². The van der Waals surface area contributed by atoms with Crippen molar-refractivity contribution in [1.82, 2.24) is 4.90 Å². The van der Waals surface area contributed by atoms with Gasteiger partial charge in [0.1, 0.15) is 0 Å². The molecule has 0 aromatic heterocycles. The van der Waals surface area contributed by atoms with E-state index in [0.29, 0.717) is 19.5 Å². The summed E-state index contributed by atoms with van der Waals surface area (Å²) in [6.07, 6.45) is 0.404. The number of amides is 1. The van der Waals surface area contributed by atoms with Gasteiger partial charge in [0, 0.05) is 23.7 Å². The predicted molar refractivity (Wildman–Crippen MR) is 72.4 cm³/mol. The third-order valence-electron chi connectivity index (χ3n) is 3.18. The van der Waals surface area contributed by atoms with E-state index < -0.39 is 0 Å². The number of carbonyl (C=O) groups excluding carboxylic acids is 1. The number of hydrogen-bond donors (Lipinski definition) is 0. The lowest BCUT2D eigenvalue weighted by Crippen LogP contribution is -2.35. The van der Waals surface area contributed by atoms with Crippen LogP contribution in [0, 0.1) is 11.3 Å². The maximum atomic E-state index is 12.4. The van der Waals surface area contributed by atoms with Gasteiger partial charge < -0.3 is 4.90 Å². The fourth-order valence-corrected chi connectivity index (χ4v) is 3.42. The molecule has 0 bridgehead atoms. The Hall–Kier alpha value is -1.47. The Morgan fingerprint density at radius 1 is 1.56 bits per heavy atom. The zero-order chi connectivity index (χ0) is 13.0. The third-order valence-corrected chi connectivity index (χ3v) is 4.37. The Balaban J connectivity index is 2.13.